The number of piperazine rings is 1. The summed E-state index contributed by atoms with van der Waals surface area (Å²) in [7, 11) is 0. The van der Waals surface area contributed by atoms with Gasteiger partial charge in [-0.1, -0.05) is 0 Å². The maximum atomic E-state index is 12.4. The first-order valence-corrected chi connectivity index (χ1v) is 7.56. The van der Waals surface area contributed by atoms with Crippen LogP contribution in [-0.4, -0.2) is 41.5 Å². The van der Waals surface area contributed by atoms with Crippen molar-refractivity contribution in [3.63, 3.8) is 0 Å². The van der Waals surface area contributed by atoms with Crippen molar-refractivity contribution in [1.82, 2.24) is 15.2 Å². The molecular formula is C14H18ClN3O2S. The Kier molecular flexibility index (Phi) is 5.03. The molecule has 0 aromatic carbocycles. The number of aryl methyl sites for hydroxylation is 1. The summed E-state index contributed by atoms with van der Waals surface area (Å²) in [6.07, 6.45) is 0. The van der Waals surface area contributed by atoms with Crippen LogP contribution >= 0.6 is 23.7 Å². The Morgan fingerprint density at radius 2 is 2.33 bits per heavy atom. The summed E-state index contributed by atoms with van der Waals surface area (Å²) in [6.45, 7) is 6.27. The van der Waals surface area contributed by atoms with E-state index in [2.05, 4.69) is 17.2 Å². The van der Waals surface area contributed by atoms with Gasteiger partial charge in [-0.05, 0) is 26.0 Å². The van der Waals surface area contributed by atoms with Gasteiger partial charge in [0.25, 0.3) is 5.91 Å². The molecule has 5 nitrogen and oxygen atoms in total. The largest absolute Gasteiger partial charge is 0.459 e. The number of amides is 1. The van der Waals surface area contributed by atoms with E-state index in [1.807, 2.05) is 29.3 Å². The van der Waals surface area contributed by atoms with Crippen LogP contribution in [-0.2, 0) is 0 Å². The lowest BCUT2D eigenvalue weighted by Crippen LogP contribution is -2.51. The molecule has 3 heterocycles. The third-order valence-electron chi connectivity index (χ3n) is 3.33. The van der Waals surface area contributed by atoms with Gasteiger partial charge in [0.15, 0.2) is 10.8 Å². The molecule has 1 saturated heterocycles. The standard InChI is InChI=1S/C14H17N3O2S.ClH/c1-9-7-17(6-5-15-9)14(18)11-8-20-13(16-11)12-4-3-10(2)19-12;/h3-4,8-9,15H,5-7H2,1-2H3;1H. The predicted molar refractivity (Wildman–Crippen MR) is 85.2 cm³/mol. The molecule has 0 bridgehead atoms. The number of carbonyl (C=O) groups excluding carboxylic acids is 1. The van der Waals surface area contributed by atoms with Crippen LogP contribution in [0.25, 0.3) is 10.8 Å². The molecule has 0 radical (unpaired) electrons. The highest BCUT2D eigenvalue weighted by Gasteiger charge is 2.23. The normalized spacial score (nSPS) is 18.4. The van der Waals surface area contributed by atoms with Crippen LogP contribution < -0.4 is 5.32 Å². The van der Waals surface area contributed by atoms with Crippen molar-refractivity contribution in [3.8, 4) is 10.8 Å². The van der Waals surface area contributed by atoms with E-state index in [0.717, 1.165) is 36.2 Å². The molecular weight excluding hydrogens is 310 g/mol. The van der Waals surface area contributed by atoms with Crippen LogP contribution in [0.5, 0.6) is 0 Å². The lowest BCUT2D eigenvalue weighted by molar-refractivity contribution is 0.0704. The smallest absolute Gasteiger partial charge is 0.273 e. The highest BCUT2D eigenvalue weighted by Crippen LogP contribution is 2.26. The molecule has 7 heteroatoms. The SMILES string of the molecule is Cc1ccc(-c2nc(C(=O)N3CCNC(C)C3)cs2)o1.Cl. The molecule has 2 aromatic heterocycles. The number of thiazole rings is 1. The molecule has 0 saturated carbocycles. The number of rotatable bonds is 2. The van der Waals surface area contributed by atoms with Gasteiger partial charge < -0.3 is 14.6 Å². The van der Waals surface area contributed by atoms with Crippen molar-refractivity contribution in [2.75, 3.05) is 19.6 Å². The third kappa shape index (κ3) is 3.45. The predicted octanol–water partition coefficient (Wildman–Crippen LogP) is 2.57. The third-order valence-corrected chi connectivity index (χ3v) is 4.19. The van der Waals surface area contributed by atoms with Gasteiger partial charge in [0.1, 0.15) is 11.5 Å². The zero-order chi connectivity index (χ0) is 14.1. The first-order chi connectivity index (χ1) is 9.63. The number of aromatic nitrogens is 1. The summed E-state index contributed by atoms with van der Waals surface area (Å²) in [5.41, 5.74) is 0.508. The van der Waals surface area contributed by atoms with Crippen LogP contribution in [0, 0.1) is 6.92 Å². The highest BCUT2D eigenvalue weighted by molar-refractivity contribution is 7.13. The van der Waals surface area contributed by atoms with Crippen molar-refractivity contribution in [2.45, 2.75) is 19.9 Å². The van der Waals surface area contributed by atoms with Gasteiger partial charge in [0.2, 0.25) is 0 Å². The molecule has 0 spiro atoms. The first kappa shape index (κ1) is 16.0. The Morgan fingerprint density at radius 1 is 1.52 bits per heavy atom. The minimum atomic E-state index is 0. The van der Waals surface area contributed by atoms with E-state index in [-0.39, 0.29) is 18.3 Å². The number of carbonyl (C=O) groups is 1. The second-order valence-electron chi connectivity index (χ2n) is 5.05. The minimum absolute atomic E-state index is 0. The quantitative estimate of drug-likeness (QED) is 0.921. The summed E-state index contributed by atoms with van der Waals surface area (Å²) >= 11 is 1.44. The Morgan fingerprint density at radius 3 is 3.00 bits per heavy atom. The molecule has 1 unspecified atom stereocenters. The number of hydrogen-bond acceptors (Lipinski definition) is 5. The van der Waals surface area contributed by atoms with Crippen LogP contribution in [0.1, 0.15) is 23.2 Å². The number of furan rings is 1. The molecule has 1 amide bonds. The van der Waals surface area contributed by atoms with Crippen molar-refractivity contribution >= 4 is 29.7 Å². The second kappa shape index (κ2) is 6.60. The van der Waals surface area contributed by atoms with E-state index in [1.165, 1.54) is 11.3 Å². The van der Waals surface area contributed by atoms with Gasteiger partial charge in [0.05, 0.1) is 0 Å². The van der Waals surface area contributed by atoms with Crippen LogP contribution in [0.15, 0.2) is 21.9 Å². The molecule has 1 fully saturated rings. The highest BCUT2D eigenvalue weighted by atomic mass is 35.5. The van der Waals surface area contributed by atoms with Gasteiger partial charge in [-0.2, -0.15) is 0 Å². The molecule has 1 atom stereocenters. The van der Waals surface area contributed by atoms with E-state index < -0.39 is 0 Å². The van der Waals surface area contributed by atoms with E-state index in [9.17, 15) is 4.79 Å². The van der Waals surface area contributed by atoms with Gasteiger partial charge in [0, 0.05) is 31.1 Å². The summed E-state index contributed by atoms with van der Waals surface area (Å²) in [4.78, 5) is 18.7. The van der Waals surface area contributed by atoms with Crippen molar-refractivity contribution in [1.29, 1.82) is 0 Å². The molecule has 1 aliphatic heterocycles. The summed E-state index contributed by atoms with van der Waals surface area (Å²) in [5.74, 6) is 1.57. The van der Waals surface area contributed by atoms with Gasteiger partial charge in [-0.3, -0.25) is 4.79 Å². The molecule has 0 aliphatic carbocycles. The van der Waals surface area contributed by atoms with Crippen LogP contribution in [0.2, 0.25) is 0 Å². The van der Waals surface area contributed by atoms with Crippen LogP contribution in [0.3, 0.4) is 0 Å². The monoisotopic (exact) mass is 327 g/mol. The number of nitrogens with zero attached hydrogens (tertiary/aromatic N) is 2. The zero-order valence-corrected chi connectivity index (χ0v) is 13.6. The fourth-order valence-corrected chi connectivity index (χ4v) is 3.07. The molecule has 1 aliphatic rings. The fraction of sp³-hybridized carbons (Fsp3) is 0.429. The number of halogens is 1. The lowest BCUT2D eigenvalue weighted by Gasteiger charge is -2.31. The van der Waals surface area contributed by atoms with Gasteiger partial charge >= 0.3 is 0 Å². The number of nitrogens with one attached hydrogen (secondary N) is 1. The average Bonchev–Trinajstić information content (AvgIpc) is 3.06. The van der Waals surface area contributed by atoms with Gasteiger partial charge in [-0.15, -0.1) is 23.7 Å². The second-order valence-corrected chi connectivity index (χ2v) is 5.91. The maximum Gasteiger partial charge on any atom is 0.273 e. The molecule has 3 rings (SSSR count). The summed E-state index contributed by atoms with van der Waals surface area (Å²) in [6, 6.07) is 4.12. The summed E-state index contributed by atoms with van der Waals surface area (Å²) < 4.78 is 5.54. The summed E-state index contributed by atoms with van der Waals surface area (Å²) in [5, 5.41) is 5.89. The lowest BCUT2D eigenvalue weighted by atomic mass is 10.2. The molecule has 2 aromatic rings. The van der Waals surface area contributed by atoms with Crippen molar-refractivity contribution < 1.29 is 9.21 Å². The minimum Gasteiger partial charge on any atom is -0.459 e. The number of hydrogen-bond donors (Lipinski definition) is 1. The Balaban J connectivity index is 0.00000161. The van der Waals surface area contributed by atoms with E-state index in [4.69, 9.17) is 4.42 Å². The fourth-order valence-electron chi connectivity index (χ4n) is 2.31. The van der Waals surface area contributed by atoms with Crippen molar-refractivity contribution in [3.05, 3.63) is 29.0 Å². The maximum absolute atomic E-state index is 12.4. The van der Waals surface area contributed by atoms with Crippen LogP contribution in [0.4, 0.5) is 0 Å². The topological polar surface area (TPSA) is 58.4 Å². The molecule has 1 N–H and O–H groups in total. The zero-order valence-electron chi connectivity index (χ0n) is 12.0. The van der Waals surface area contributed by atoms with Gasteiger partial charge in [-0.25, -0.2) is 4.98 Å². The first-order valence-electron chi connectivity index (χ1n) is 6.68. The Hall–Kier alpha value is -1.37. The van der Waals surface area contributed by atoms with E-state index in [1.54, 1.807) is 0 Å². The Labute approximate surface area is 133 Å². The molecule has 21 heavy (non-hydrogen) atoms. The Bertz CT molecular complexity index is 625. The van der Waals surface area contributed by atoms with E-state index in [0.29, 0.717) is 11.7 Å². The van der Waals surface area contributed by atoms with E-state index >= 15 is 0 Å². The molecule has 114 valence electrons. The van der Waals surface area contributed by atoms with Crippen molar-refractivity contribution in [2.24, 2.45) is 0 Å². The average molecular weight is 328 g/mol.